The van der Waals surface area contributed by atoms with Gasteiger partial charge in [-0.1, -0.05) is 24.3 Å². The van der Waals surface area contributed by atoms with E-state index in [0.29, 0.717) is 13.1 Å². The molecule has 4 nitrogen and oxygen atoms in total. The Kier molecular flexibility index (Phi) is 2.54. The number of carbonyl (C=O) groups excluding carboxylic acids is 2. The number of hydrogen-bond acceptors (Lipinski definition) is 2. The fourth-order valence-corrected chi connectivity index (χ4v) is 3.40. The summed E-state index contributed by atoms with van der Waals surface area (Å²) in [6.45, 7) is 5.28. The number of hydrogen-bond donors (Lipinski definition) is 0. The minimum atomic E-state index is -0.206. The highest BCUT2D eigenvalue weighted by molar-refractivity contribution is 5.91. The Morgan fingerprint density at radius 2 is 1.22 bits per heavy atom. The average Bonchev–Trinajstić information content (AvgIpc) is 2.35. The van der Waals surface area contributed by atoms with Gasteiger partial charge in [0, 0.05) is 13.1 Å². The summed E-state index contributed by atoms with van der Waals surface area (Å²) >= 11 is 0. The zero-order valence-corrected chi connectivity index (χ0v) is 10.7. The summed E-state index contributed by atoms with van der Waals surface area (Å²) in [5.74, 6) is -0.0872. The molecule has 1 fully saturated rings. The van der Waals surface area contributed by atoms with E-state index in [4.69, 9.17) is 0 Å². The van der Waals surface area contributed by atoms with Gasteiger partial charge in [0.1, 0.15) is 0 Å². The minimum absolute atomic E-state index is 0.0993. The summed E-state index contributed by atoms with van der Waals surface area (Å²) in [6.07, 6.45) is 8.08. The summed E-state index contributed by atoms with van der Waals surface area (Å²) in [6, 6.07) is -0.199. The van der Waals surface area contributed by atoms with E-state index in [9.17, 15) is 9.59 Å². The molecule has 0 aromatic rings. The number of rotatable bonds is 2. The maximum Gasteiger partial charge on any atom is 0.232 e. The van der Waals surface area contributed by atoms with Crippen molar-refractivity contribution >= 4 is 11.8 Å². The summed E-state index contributed by atoms with van der Waals surface area (Å²) in [7, 11) is 0. The first kappa shape index (κ1) is 11.5. The van der Waals surface area contributed by atoms with Crippen LogP contribution in [0.2, 0.25) is 0 Å². The van der Waals surface area contributed by atoms with Crippen molar-refractivity contribution in [3.8, 4) is 0 Å². The van der Waals surface area contributed by atoms with Crippen LogP contribution >= 0.6 is 0 Å². The SMILES string of the molecule is CCN1C(=O)C2C=CC1C1C=CC2N(CC)C1=O. The maximum absolute atomic E-state index is 12.5. The Morgan fingerprint density at radius 3 is 1.56 bits per heavy atom. The van der Waals surface area contributed by atoms with E-state index in [2.05, 4.69) is 0 Å². The quantitative estimate of drug-likeness (QED) is 0.676. The number of amides is 2. The second-order valence-electron chi connectivity index (χ2n) is 5.05. The lowest BCUT2D eigenvalue weighted by atomic mass is 9.78. The molecule has 4 bridgehead atoms. The van der Waals surface area contributed by atoms with Gasteiger partial charge < -0.3 is 9.80 Å². The van der Waals surface area contributed by atoms with Crippen molar-refractivity contribution in [1.29, 1.82) is 0 Å². The fraction of sp³-hybridized carbons (Fsp3) is 0.571. The molecule has 1 aliphatic carbocycles. The van der Waals surface area contributed by atoms with Crippen LogP contribution in [0.5, 0.6) is 0 Å². The molecule has 6 aliphatic rings. The Bertz CT molecular complexity index is 413. The second-order valence-corrected chi connectivity index (χ2v) is 5.05. The van der Waals surface area contributed by atoms with Gasteiger partial charge in [0.15, 0.2) is 0 Å². The van der Waals surface area contributed by atoms with Gasteiger partial charge in [-0.2, -0.15) is 0 Å². The second kappa shape index (κ2) is 3.97. The van der Waals surface area contributed by atoms with E-state index in [0.717, 1.165) is 0 Å². The smallest absolute Gasteiger partial charge is 0.232 e. The first-order valence-electron chi connectivity index (χ1n) is 6.66. The molecule has 0 spiro atoms. The Balaban J connectivity index is 2.12. The van der Waals surface area contributed by atoms with Crippen molar-refractivity contribution in [3.63, 3.8) is 0 Å². The van der Waals surface area contributed by atoms with Crippen molar-refractivity contribution < 1.29 is 9.59 Å². The van der Waals surface area contributed by atoms with Crippen LogP contribution in [0.4, 0.5) is 0 Å². The van der Waals surface area contributed by atoms with Crippen LogP contribution in [-0.4, -0.2) is 46.8 Å². The monoisotopic (exact) mass is 246 g/mol. The Hall–Kier alpha value is -1.58. The van der Waals surface area contributed by atoms with Gasteiger partial charge in [-0.3, -0.25) is 9.59 Å². The van der Waals surface area contributed by atoms with E-state index in [-0.39, 0.29) is 35.7 Å². The standard InChI is InChI=1S/C14H18N2O2/c1-3-15-11-7-5-10(13(15)17)12-8-6-9(11)14(18)16(12)4-2/h5-12H,3-4H2,1-2H3. The molecule has 0 saturated carbocycles. The first-order chi connectivity index (χ1) is 8.69. The lowest BCUT2D eigenvalue weighted by molar-refractivity contribution is -0.150. The molecule has 4 atom stereocenters. The van der Waals surface area contributed by atoms with Gasteiger partial charge in [-0.05, 0) is 13.8 Å². The molecular formula is C14H18N2O2. The van der Waals surface area contributed by atoms with Crippen LogP contribution in [0.15, 0.2) is 24.3 Å². The van der Waals surface area contributed by atoms with E-state index in [1.165, 1.54) is 0 Å². The van der Waals surface area contributed by atoms with E-state index >= 15 is 0 Å². The van der Waals surface area contributed by atoms with Gasteiger partial charge >= 0.3 is 0 Å². The molecule has 96 valence electrons. The summed E-state index contributed by atoms with van der Waals surface area (Å²) < 4.78 is 0. The van der Waals surface area contributed by atoms with Crippen LogP contribution in [0.3, 0.4) is 0 Å². The van der Waals surface area contributed by atoms with Crippen LogP contribution in [0.1, 0.15) is 13.8 Å². The molecule has 5 heterocycles. The van der Waals surface area contributed by atoms with E-state index in [1.54, 1.807) is 0 Å². The summed E-state index contributed by atoms with van der Waals surface area (Å²) in [5.41, 5.74) is 0. The lowest BCUT2D eigenvalue weighted by Gasteiger charge is -2.49. The van der Waals surface area contributed by atoms with Gasteiger partial charge in [0.25, 0.3) is 0 Å². The molecule has 0 N–H and O–H groups in total. The number of nitrogens with zero attached hydrogens (tertiary/aromatic N) is 2. The van der Waals surface area contributed by atoms with Crippen molar-refractivity contribution in [3.05, 3.63) is 24.3 Å². The molecule has 0 aromatic carbocycles. The largest absolute Gasteiger partial charge is 0.335 e. The molecule has 18 heavy (non-hydrogen) atoms. The summed E-state index contributed by atoms with van der Waals surface area (Å²) in [5, 5.41) is 0. The zero-order valence-electron chi connectivity index (χ0n) is 10.7. The van der Waals surface area contributed by atoms with Gasteiger partial charge in [0.05, 0.1) is 23.9 Å². The number of likely N-dealkylation sites (N-methyl/N-ethyl adjacent to an activating group) is 2. The first-order valence-corrected chi connectivity index (χ1v) is 6.66. The molecule has 4 unspecified atom stereocenters. The van der Waals surface area contributed by atoms with Crippen molar-refractivity contribution in [1.82, 2.24) is 9.80 Å². The highest BCUT2D eigenvalue weighted by Gasteiger charge is 2.48. The third kappa shape index (κ3) is 1.32. The molecule has 4 heteroatoms. The van der Waals surface area contributed by atoms with Gasteiger partial charge in [0.2, 0.25) is 11.8 Å². The van der Waals surface area contributed by atoms with Crippen LogP contribution < -0.4 is 0 Å². The molecule has 6 rings (SSSR count). The topological polar surface area (TPSA) is 40.6 Å². The summed E-state index contributed by atoms with van der Waals surface area (Å²) in [4.78, 5) is 28.6. The van der Waals surface area contributed by atoms with Gasteiger partial charge in [-0.25, -0.2) is 0 Å². The van der Waals surface area contributed by atoms with Crippen molar-refractivity contribution in [2.45, 2.75) is 25.9 Å². The van der Waals surface area contributed by atoms with Crippen molar-refractivity contribution in [2.75, 3.05) is 13.1 Å². The Morgan fingerprint density at radius 1 is 0.833 bits per heavy atom. The average molecular weight is 246 g/mol. The van der Waals surface area contributed by atoms with Crippen LogP contribution in [0, 0.1) is 11.8 Å². The highest BCUT2D eigenvalue weighted by atomic mass is 16.2. The van der Waals surface area contributed by atoms with Crippen LogP contribution in [-0.2, 0) is 9.59 Å². The third-order valence-electron chi connectivity index (χ3n) is 4.30. The predicted octanol–water partition coefficient (Wildman–Crippen LogP) is 0.806. The molecule has 2 amide bonds. The number of carbonyl (C=O) groups is 2. The van der Waals surface area contributed by atoms with Crippen molar-refractivity contribution in [2.24, 2.45) is 11.8 Å². The maximum atomic E-state index is 12.5. The molecule has 0 aromatic heterocycles. The zero-order chi connectivity index (χ0) is 12.9. The predicted molar refractivity (Wildman–Crippen MR) is 67.6 cm³/mol. The minimum Gasteiger partial charge on any atom is -0.335 e. The fourth-order valence-electron chi connectivity index (χ4n) is 3.40. The Labute approximate surface area is 107 Å². The van der Waals surface area contributed by atoms with Gasteiger partial charge in [-0.15, -0.1) is 0 Å². The third-order valence-corrected chi connectivity index (χ3v) is 4.30. The lowest BCUT2D eigenvalue weighted by Crippen LogP contribution is -2.62. The van der Waals surface area contributed by atoms with E-state index < -0.39 is 0 Å². The molecule has 1 saturated heterocycles. The van der Waals surface area contributed by atoms with E-state index in [1.807, 2.05) is 48.0 Å². The molecule has 0 radical (unpaired) electrons. The van der Waals surface area contributed by atoms with Crippen LogP contribution in [0.25, 0.3) is 0 Å². The normalized spacial score (nSPS) is 37.4. The molecular weight excluding hydrogens is 228 g/mol. The molecule has 5 aliphatic heterocycles. The highest BCUT2D eigenvalue weighted by Crippen LogP contribution is 2.36.